The maximum Gasteiger partial charge on any atom is 0.273 e. The highest BCUT2D eigenvalue weighted by Crippen LogP contribution is 2.31. The van der Waals surface area contributed by atoms with Crippen molar-refractivity contribution in [1.29, 1.82) is 0 Å². The summed E-state index contributed by atoms with van der Waals surface area (Å²) < 4.78 is 0. The van der Waals surface area contributed by atoms with Gasteiger partial charge < -0.3 is 24.9 Å². The summed E-state index contributed by atoms with van der Waals surface area (Å²) in [6, 6.07) is 10.1. The third kappa shape index (κ3) is 5.99. The number of piperazine rings is 1. The molecule has 2 aliphatic heterocycles. The zero-order valence-electron chi connectivity index (χ0n) is 21.2. The number of hydrogen-bond acceptors (Lipinski definition) is 8. The molecule has 0 unspecified atom stereocenters. The number of nitrogens with zero attached hydrogens (tertiary/aromatic N) is 7. The zero-order chi connectivity index (χ0) is 25.8. The number of piperidine rings is 1. The number of benzene rings is 1. The van der Waals surface area contributed by atoms with Crippen LogP contribution >= 0.6 is 23.6 Å². The Morgan fingerprint density at radius 2 is 1.68 bits per heavy atom. The van der Waals surface area contributed by atoms with Gasteiger partial charge in [0, 0.05) is 88.4 Å². The minimum absolute atomic E-state index is 0.0132. The van der Waals surface area contributed by atoms with Crippen LogP contribution in [0.3, 0.4) is 0 Å². The van der Waals surface area contributed by atoms with Crippen LogP contribution in [0, 0.1) is 0 Å². The molecule has 11 heteroatoms. The van der Waals surface area contributed by atoms with Crippen molar-refractivity contribution in [2.45, 2.75) is 18.8 Å². The van der Waals surface area contributed by atoms with Crippen molar-refractivity contribution in [3.05, 3.63) is 58.8 Å². The summed E-state index contributed by atoms with van der Waals surface area (Å²) in [7, 11) is 4.06. The number of carbonyl (C=O) groups excluding carboxylic acids is 1. The van der Waals surface area contributed by atoms with Crippen molar-refractivity contribution < 1.29 is 4.79 Å². The first-order chi connectivity index (χ1) is 18.0. The fraction of sp³-hybridized carbons (Fsp3) is 0.423. The Bertz CT molecular complexity index is 1200. The van der Waals surface area contributed by atoms with E-state index in [0.29, 0.717) is 30.6 Å². The quantitative estimate of drug-likeness (QED) is 0.493. The van der Waals surface area contributed by atoms with Crippen molar-refractivity contribution in [3.8, 4) is 0 Å². The molecule has 5 rings (SSSR count). The van der Waals surface area contributed by atoms with Crippen LogP contribution in [0.5, 0.6) is 0 Å². The molecule has 0 radical (unpaired) electrons. The molecule has 2 fully saturated rings. The molecule has 1 aromatic carbocycles. The lowest BCUT2D eigenvalue weighted by Crippen LogP contribution is -2.49. The summed E-state index contributed by atoms with van der Waals surface area (Å²) in [5, 5.41) is 7.09. The molecule has 2 aliphatic rings. The lowest BCUT2D eigenvalue weighted by atomic mass is 9.98. The summed E-state index contributed by atoms with van der Waals surface area (Å²) >= 11 is 7.28. The van der Waals surface area contributed by atoms with Gasteiger partial charge in [0.25, 0.3) is 5.91 Å². The van der Waals surface area contributed by atoms with Crippen molar-refractivity contribution in [2.75, 3.05) is 68.5 Å². The molecule has 2 saturated heterocycles. The molecule has 0 aliphatic carbocycles. The number of likely N-dealkylation sites (tertiary alicyclic amines) is 1. The Morgan fingerprint density at radius 3 is 2.32 bits per heavy atom. The average Bonchev–Trinajstić information content (AvgIpc) is 3.44. The van der Waals surface area contributed by atoms with Crippen molar-refractivity contribution in [1.82, 2.24) is 24.8 Å². The van der Waals surface area contributed by atoms with E-state index in [1.807, 2.05) is 30.4 Å². The smallest absolute Gasteiger partial charge is 0.273 e. The van der Waals surface area contributed by atoms with Gasteiger partial charge in [-0.15, -0.1) is 11.3 Å². The van der Waals surface area contributed by atoms with Crippen LogP contribution in [0.25, 0.3) is 0 Å². The third-order valence-electron chi connectivity index (χ3n) is 6.91. The molecule has 0 spiro atoms. The fourth-order valence-corrected chi connectivity index (χ4v) is 5.94. The van der Waals surface area contributed by atoms with Crippen molar-refractivity contribution >= 4 is 51.9 Å². The molecule has 0 atom stereocenters. The van der Waals surface area contributed by atoms with E-state index in [4.69, 9.17) is 17.2 Å². The van der Waals surface area contributed by atoms with Crippen LogP contribution in [0.2, 0.25) is 0 Å². The number of rotatable bonds is 5. The minimum Gasteiger partial charge on any atom is -0.378 e. The maximum absolute atomic E-state index is 13.1. The van der Waals surface area contributed by atoms with Crippen LogP contribution in [0.15, 0.2) is 48.1 Å². The van der Waals surface area contributed by atoms with E-state index in [2.05, 4.69) is 54.2 Å². The number of thiocarbonyl (C=S) groups is 1. The molecule has 37 heavy (non-hydrogen) atoms. The number of anilines is 3. The second-order valence-corrected chi connectivity index (χ2v) is 10.8. The number of aromatic nitrogens is 3. The third-order valence-corrected chi connectivity index (χ3v) is 8.28. The summed E-state index contributed by atoms with van der Waals surface area (Å²) in [4.78, 5) is 34.8. The van der Waals surface area contributed by atoms with E-state index >= 15 is 0 Å². The van der Waals surface area contributed by atoms with Gasteiger partial charge in [-0.05, 0) is 55.4 Å². The van der Waals surface area contributed by atoms with Crippen LogP contribution in [0.4, 0.5) is 17.3 Å². The molecule has 1 N–H and O–H groups in total. The SMILES string of the molecule is CN(C)c1ccc(NC(=S)N2CCC(c3nc(C(=O)N4CCN(c5ncccn5)CC4)cs3)CC2)cc1. The minimum atomic E-state index is 0.0132. The summed E-state index contributed by atoms with van der Waals surface area (Å²) in [5.41, 5.74) is 2.71. The van der Waals surface area contributed by atoms with Gasteiger partial charge in [0.05, 0.1) is 5.01 Å². The molecule has 1 amide bonds. The highest BCUT2D eigenvalue weighted by molar-refractivity contribution is 7.80. The van der Waals surface area contributed by atoms with Crippen LogP contribution in [-0.4, -0.2) is 89.1 Å². The fourth-order valence-electron chi connectivity index (χ4n) is 4.67. The van der Waals surface area contributed by atoms with Crippen LogP contribution < -0.4 is 15.1 Å². The summed E-state index contributed by atoms with van der Waals surface area (Å²) in [5.74, 6) is 1.09. The van der Waals surface area contributed by atoms with Gasteiger partial charge in [0.1, 0.15) is 5.69 Å². The van der Waals surface area contributed by atoms with Gasteiger partial charge in [-0.3, -0.25) is 4.79 Å². The van der Waals surface area contributed by atoms with E-state index in [-0.39, 0.29) is 5.91 Å². The number of amides is 1. The predicted octanol–water partition coefficient (Wildman–Crippen LogP) is 3.54. The van der Waals surface area contributed by atoms with Gasteiger partial charge in [-0.2, -0.15) is 0 Å². The standard InChI is InChI=1S/C26H32N8OS2/c1-31(2)21-6-4-20(5-7-21)29-26(36)34-12-8-19(9-13-34)23-30-22(18-37-23)24(35)32-14-16-33(17-15-32)25-27-10-3-11-28-25/h3-7,10-11,18-19H,8-9,12-17H2,1-2H3,(H,29,36). The van der Waals surface area contributed by atoms with Gasteiger partial charge in [0.2, 0.25) is 5.95 Å². The van der Waals surface area contributed by atoms with Gasteiger partial charge >= 0.3 is 0 Å². The van der Waals surface area contributed by atoms with E-state index in [9.17, 15) is 4.79 Å². The number of carbonyl (C=O) groups is 1. The zero-order valence-corrected chi connectivity index (χ0v) is 22.8. The molecule has 194 valence electrons. The highest BCUT2D eigenvalue weighted by atomic mass is 32.1. The van der Waals surface area contributed by atoms with E-state index in [0.717, 1.165) is 60.5 Å². The summed E-state index contributed by atoms with van der Waals surface area (Å²) in [6.45, 7) is 4.48. The highest BCUT2D eigenvalue weighted by Gasteiger charge is 2.28. The monoisotopic (exact) mass is 536 g/mol. The maximum atomic E-state index is 13.1. The molecule has 0 bridgehead atoms. The second kappa shape index (κ2) is 11.4. The molecular weight excluding hydrogens is 504 g/mol. The molecule has 9 nitrogen and oxygen atoms in total. The molecule has 3 aromatic rings. The average molecular weight is 537 g/mol. The number of hydrogen-bond donors (Lipinski definition) is 1. The van der Waals surface area contributed by atoms with Gasteiger partial charge in [-0.25, -0.2) is 15.0 Å². The first-order valence-corrected chi connectivity index (χ1v) is 13.9. The lowest BCUT2D eigenvalue weighted by molar-refractivity contribution is 0.0741. The largest absolute Gasteiger partial charge is 0.378 e. The first-order valence-electron chi connectivity index (χ1n) is 12.6. The Balaban J connectivity index is 1.10. The Hall–Kier alpha value is -3.31. The van der Waals surface area contributed by atoms with Crippen LogP contribution in [0.1, 0.15) is 34.3 Å². The molecule has 0 saturated carbocycles. The van der Waals surface area contributed by atoms with Gasteiger partial charge in [-0.1, -0.05) is 0 Å². The Labute approximate surface area is 227 Å². The van der Waals surface area contributed by atoms with Crippen LogP contribution in [-0.2, 0) is 0 Å². The van der Waals surface area contributed by atoms with E-state index in [1.165, 1.54) is 0 Å². The molecule has 4 heterocycles. The first kappa shape index (κ1) is 25.3. The van der Waals surface area contributed by atoms with E-state index < -0.39 is 0 Å². The number of nitrogens with one attached hydrogen (secondary N) is 1. The van der Waals surface area contributed by atoms with Gasteiger partial charge in [0.15, 0.2) is 5.11 Å². The predicted molar refractivity (Wildman–Crippen MR) is 153 cm³/mol. The van der Waals surface area contributed by atoms with E-state index in [1.54, 1.807) is 23.7 Å². The lowest BCUT2D eigenvalue weighted by Gasteiger charge is -2.34. The summed E-state index contributed by atoms with van der Waals surface area (Å²) in [6.07, 6.45) is 5.43. The molecular formula is C26H32N8OS2. The topological polar surface area (TPSA) is 80.7 Å². The van der Waals surface area contributed by atoms with Crippen molar-refractivity contribution in [2.24, 2.45) is 0 Å². The Morgan fingerprint density at radius 1 is 1.00 bits per heavy atom. The number of thiazole rings is 1. The normalized spacial score (nSPS) is 16.5. The van der Waals surface area contributed by atoms with Crippen molar-refractivity contribution in [3.63, 3.8) is 0 Å². The Kier molecular flexibility index (Phi) is 7.80. The molecule has 2 aromatic heterocycles. The second-order valence-electron chi connectivity index (χ2n) is 9.53.